The van der Waals surface area contributed by atoms with Crippen molar-refractivity contribution < 1.29 is 0 Å². The van der Waals surface area contributed by atoms with E-state index in [4.69, 9.17) is 4.98 Å². The number of piperidine rings is 1. The molecular weight excluding hydrogens is 234 g/mol. The Morgan fingerprint density at radius 3 is 3.00 bits per heavy atom. The fourth-order valence-corrected chi connectivity index (χ4v) is 3.52. The van der Waals surface area contributed by atoms with Crippen LogP contribution in [-0.4, -0.2) is 30.7 Å². The van der Waals surface area contributed by atoms with Crippen molar-refractivity contribution in [2.24, 2.45) is 0 Å². The van der Waals surface area contributed by atoms with Gasteiger partial charge < -0.3 is 10.2 Å². The van der Waals surface area contributed by atoms with E-state index in [0.717, 1.165) is 6.54 Å². The van der Waals surface area contributed by atoms with Crippen LogP contribution < -0.4 is 10.2 Å². The Morgan fingerprint density at radius 1 is 1.26 bits per heavy atom. The van der Waals surface area contributed by atoms with E-state index in [1.54, 1.807) is 0 Å². The molecule has 3 rings (SSSR count). The van der Waals surface area contributed by atoms with Gasteiger partial charge in [0.25, 0.3) is 0 Å². The number of aryl methyl sites for hydroxylation is 2. The third kappa shape index (κ3) is 2.48. The zero-order chi connectivity index (χ0) is 13.2. The van der Waals surface area contributed by atoms with E-state index in [0.29, 0.717) is 12.1 Å². The van der Waals surface area contributed by atoms with Crippen molar-refractivity contribution in [3.63, 3.8) is 0 Å². The Kier molecular flexibility index (Phi) is 3.74. The topological polar surface area (TPSA) is 28.2 Å². The highest BCUT2D eigenvalue weighted by Gasteiger charge is 2.28. The van der Waals surface area contributed by atoms with Crippen LogP contribution >= 0.6 is 0 Å². The molecule has 0 amide bonds. The molecule has 1 fully saturated rings. The molecule has 1 N–H and O–H groups in total. The predicted molar refractivity (Wildman–Crippen MR) is 79.8 cm³/mol. The number of rotatable bonds is 3. The lowest BCUT2D eigenvalue weighted by Crippen LogP contribution is -2.50. The van der Waals surface area contributed by atoms with Crippen molar-refractivity contribution in [1.29, 1.82) is 0 Å². The fourth-order valence-electron chi connectivity index (χ4n) is 3.52. The number of nitrogens with one attached hydrogen (secondary N) is 1. The Hall–Kier alpha value is -1.09. The summed E-state index contributed by atoms with van der Waals surface area (Å²) in [4.78, 5) is 7.47. The van der Waals surface area contributed by atoms with Crippen molar-refractivity contribution in [3.8, 4) is 0 Å². The molecule has 0 radical (unpaired) electrons. The Morgan fingerprint density at radius 2 is 2.16 bits per heavy atom. The van der Waals surface area contributed by atoms with E-state index in [1.807, 2.05) is 0 Å². The highest BCUT2D eigenvalue weighted by Crippen LogP contribution is 2.28. The second kappa shape index (κ2) is 5.49. The molecule has 1 aliphatic carbocycles. The van der Waals surface area contributed by atoms with E-state index in [9.17, 15) is 0 Å². The van der Waals surface area contributed by atoms with Crippen molar-refractivity contribution in [1.82, 2.24) is 10.3 Å². The molecule has 3 heteroatoms. The van der Waals surface area contributed by atoms with Gasteiger partial charge in [0.1, 0.15) is 5.82 Å². The van der Waals surface area contributed by atoms with Gasteiger partial charge in [0.15, 0.2) is 0 Å². The molecule has 2 atom stereocenters. The van der Waals surface area contributed by atoms with Gasteiger partial charge in [-0.05, 0) is 64.1 Å². The summed E-state index contributed by atoms with van der Waals surface area (Å²) in [6.45, 7) is 3.44. The van der Waals surface area contributed by atoms with Crippen LogP contribution in [-0.2, 0) is 12.8 Å². The Balaban J connectivity index is 1.86. The summed E-state index contributed by atoms with van der Waals surface area (Å²) in [6, 6.07) is 5.66. The van der Waals surface area contributed by atoms with Crippen LogP contribution in [0.4, 0.5) is 5.82 Å². The average Bonchev–Trinajstić information content (AvgIpc) is 2.93. The quantitative estimate of drug-likeness (QED) is 0.904. The molecule has 0 spiro atoms. The Labute approximate surface area is 116 Å². The fraction of sp³-hybridized carbons (Fsp3) is 0.688. The van der Waals surface area contributed by atoms with Crippen LogP contribution in [0.15, 0.2) is 12.1 Å². The van der Waals surface area contributed by atoms with Crippen LogP contribution in [0.5, 0.6) is 0 Å². The zero-order valence-corrected chi connectivity index (χ0v) is 12.2. The van der Waals surface area contributed by atoms with Gasteiger partial charge in [0.05, 0.1) is 0 Å². The highest BCUT2D eigenvalue weighted by atomic mass is 15.2. The van der Waals surface area contributed by atoms with Crippen molar-refractivity contribution in [2.45, 2.75) is 57.5 Å². The first-order valence-corrected chi connectivity index (χ1v) is 7.72. The average molecular weight is 259 g/mol. The van der Waals surface area contributed by atoms with E-state index in [-0.39, 0.29) is 0 Å². The van der Waals surface area contributed by atoms with Gasteiger partial charge in [-0.2, -0.15) is 0 Å². The summed E-state index contributed by atoms with van der Waals surface area (Å²) in [5.74, 6) is 1.20. The Bertz CT molecular complexity index is 444. The van der Waals surface area contributed by atoms with Crippen LogP contribution in [0, 0.1) is 0 Å². The van der Waals surface area contributed by atoms with E-state index >= 15 is 0 Å². The lowest BCUT2D eigenvalue weighted by Gasteiger charge is -2.40. The molecule has 2 heterocycles. The third-order valence-electron chi connectivity index (χ3n) is 4.79. The van der Waals surface area contributed by atoms with Gasteiger partial charge in [0, 0.05) is 24.3 Å². The number of nitrogens with zero attached hydrogens (tertiary/aromatic N) is 2. The molecule has 0 saturated carbocycles. The van der Waals surface area contributed by atoms with Crippen molar-refractivity contribution >= 4 is 5.82 Å². The number of likely N-dealkylation sites (N-methyl/N-ethyl adjacent to an activating group) is 1. The molecule has 1 aliphatic heterocycles. The smallest absolute Gasteiger partial charge is 0.129 e. The van der Waals surface area contributed by atoms with Gasteiger partial charge in [-0.1, -0.05) is 6.07 Å². The number of hydrogen-bond donors (Lipinski definition) is 1. The van der Waals surface area contributed by atoms with Gasteiger partial charge >= 0.3 is 0 Å². The molecular formula is C16H25N3. The van der Waals surface area contributed by atoms with E-state index in [2.05, 4.69) is 36.3 Å². The maximum Gasteiger partial charge on any atom is 0.129 e. The lowest BCUT2D eigenvalue weighted by atomic mass is 9.96. The molecule has 1 aromatic rings. The number of anilines is 1. The highest BCUT2D eigenvalue weighted by molar-refractivity contribution is 5.45. The van der Waals surface area contributed by atoms with Gasteiger partial charge in [0.2, 0.25) is 0 Å². The van der Waals surface area contributed by atoms with Crippen LogP contribution in [0.2, 0.25) is 0 Å². The summed E-state index contributed by atoms with van der Waals surface area (Å²) in [7, 11) is 2.06. The SMILES string of the molecule is CNC(C)C1CCCCN1c1ccc2c(n1)CCC2. The van der Waals surface area contributed by atoms with Crippen LogP contribution in [0.1, 0.15) is 43.9 Å². The van der Waals surface area contributed by atoms with Crippen LogP contribution in [0.25, 0.3) is 0 Å². The minimum atomic E-state index is 0.523. The minimum absolute atomic E-state index is 0.523. The minimum Gasteiger partial charge on any atom is -0.352 e. The van der Waals surface area contributed by atoms with Crippen molar-refractivity contribution in [2.75, 3.05) is 18.5 Å². The van der Waals surface area contributed by atoms with Gasteiger partial charge in [-0.15, -0.1) is 0 Å². The molecule has 104 valence electrons. The van der Waals surface area contributed by atoms with Gasteiger partial charge in [-0.25, -0.2) is 4.98 Å². The maximum atomic E-state index is 4.94. The van der Waals surface area contributed by atoms with E-state index < -0.39 is 0 Å². The summed E-state index contributed by atoms with van der Waals surface area (Å²) in [5, 5.41) is 3.42. The second-order valence-electron chi connectivity index (χ2n) is 5.96. The first kappa shape index (κ1) is 12.9. The standard InChI is InChI=1S/C16H25N3/c1-12(17-2)15-8-3-4-11-19(15)16-10-9-13-6-5-7-14(13)18-16/h9-10,12,15,17H,3-8,11H2,1-2H3. The summed E-state index contributed by atoms with van der Waals surface area (Å²) in [5.41, 5.74) is 2.82. The maximum absolute atomic E-state index is 4.94. The number of pyridine rings is 1. The molecule has 1 saturated heterocycles. The number of hydrogen-bond acceptors (Lipinski definition) is 3. The van der Waals surface area contributed by atoms with Gasteiger partial charge in [-0.3, -0.25) is 0 Å². The van der Waals surface area contributed by atoms with E-state index in [1.165, 1.54) is 55.6 Å². The molecule has 3 nitrogen and oxygen atoms in total. The number of aromatic nitrogens is 1. The first-order chi connectivity index (χ1) is 9.29. The van der Waals surface area contributed by atoms with Crippen molar-refractivity contribution in [3.05, 3.63) is 23.4 Å². The zero-order valence-electron chi connectivity index (χ0n) is 12.2. The summed E-state index contributed by atoms with van der Waals surface area (Å²) < 4.78 is 0. The summed E-state index contributed by atoms with van der Waals surface area (Å²) >= 11 is 0. The normalized spacial score (nSPS) is 24.3. The molecule has 0 bridgehead atoms. The van der Waals surface area contributed by atoms with Crippen LogP contribution in [0.3, 0.4) is 0 Å². The molecule has 19 heavy (non-hydrogen) atoms. The molecule has 1 aromatic heterocycles. The molecule has 0 aromatic carbocycles. The third-order valence-corrected chi connectivity index (χ3v) is 4.79. The first-order valence-electron chi connectivity index (χ1n) is 7.72. The largest absolute Gasteiger partial charge is 0.352 e. The monoisotopic (exact) mass is 259 g/mol. The second-order valence-corrected chi connectivity index (χ2v) is 5.96. The molecule has 2 unspecified atom stereocenters. The molecule has 2 aliphatic rings. The number of fused-ring (bicyclic) bond motifs is 1. The lowest BCUT2D eigenvalue weighted by molar-refractivity contribution is 0.380. The predicted octanol–water partition coefficient (Wildman–Crippen LogP) is 2.54. The summed E-state index contributed by atoms with van der Waals surface area (Å²) in [6.07, 6.45) is 7.59.